The summed E-state index contributed by atoms with van der Waals surface area (Å²) in [6.45, 7) is 3.55. The molecule has 0 radical (unpaired) electrons. The maximum absolute atomic E-state index is 12.7. The number of benzene rings is 1. The first-order valence-electron chi connectivity index (χ1n) is 12.0. The monoisotopic (exact) mass is 538 g/mol. The van der Waals surface area contributed by atoms with E-state index in [1.54, 1.807) is 24.3 Å². The highest BCUT2D eigenvalue weighted by molar-refractivity contribution is 6.07. The fourth-order valence-corrected chi connectivity index (χ4v) is 3.99. The third-order valence-electron chi connectivity index (χ3n) is 5.77. The van der Waals surface area contributed by atoms with Crippen LogP contribution in [0, 0.1) is 5.92 Å². The van der Waals surface area contributed by atoms with Crippen molar-refractivity contribution in [3.05, 3.63) is 54.5 Å². The Morgan fingerprint density at radius 1 is 1.13 bits per heavy atom. The first kappa shape index (κ1) is 25.8. The van der Waals surface area contributed by atoms with Crippen LogP contribution >= 0.6 is 0 Å². The number of anilines is 4. The van der Waals surface area contributed by atoms with Crippen LogP contribution in [0.5, 0.6) is 0 Å². The molecule has 0 saturated carbocycles. The number of imidazole rings is 1. The number of amides is 1. The zero-order valence-corrected chi connectivity index (χ0v) is 21.0. The number of nitrogens with two attached hydrogens (primary N) is 1. The molecule has 0 aliphatic heterocycles. The summed E-state index contributed by atoms with van der Waals surface area (Å²) >= 11 is 0. The minimum absolute atomic E-state index is 0.0163. The number of H-pyrrole nitrogens is 1. The number of nitrogens with zero attached hydrogens (tertiary/aromatic N) is 5. The molecule has 0 fully saturated rings. The molecule has 0 unspecified atom stereocenters. The number of nitrogens with one attached hydrogen (secondary N) is 4. The van der Waals surface area contributed by atoms with Crippen LogP contribution in [0.1, 0.15) is 24.2 Å². The molecule has 0 aliphatic carbocycles. The van der Waals surface area contributed by atoms with Gasteiger partial charge in [-0.2, -0.15) is 18.3 Å². The van der Waals surface area contributed by atoms with Crippen LogP contribution < -0.4 is 21.7 Å². The van der Waals surface area contributed by atoms with E-state index in [-0.39, 0.29) is 11.4 Å². The fourth-order valence-electron chi connectivity index (χ4n) is 3.99. The van der Waals surface area contributed by atoms with Gasteiger partial charge in [0, 0.05) is 24.0 Å². The number of hydrogen-bond acceptors (Lipinski definition) is 8. The molecule has 4 heterocycles. The van der Waals surface area contributed by atoms with E-state index >= 15 is 0 Å². The lowest BCUT2D eigenvalue weighted by Gasteiger charge is -2.10. The second kappa shape index (κ2) is 10.1. The van der Waals surface area contributed by atoms with Crippen molar-refractivity contribution in [3.8, 4) is 11.1 Å². The lowest BCUT2D eigenvalue weighted by Crippen LogP contribution is -2.33. The Balaban J connectivity index is 1.41. The van der Waals surface area contributed by atoms with Crippen LogP contribution in [-0.2, 0) is 0 Å². The van der Waals surface area contributed by atoms with Crippen molar-refractivity contribution in [3.63, 3.8) is 0 Å². The van der Waals surface area contributed by atoms with E-state index in [0.29, 0.717) is 45.4 Å². The molecule has 1 amide bonds. The molecule has 0 aliphatic rings. The number of carbonyl (C=O) groups excluding carboxylic acids is 1. The summed E-state index contributed by atoms with van der Waals surface area (Å²) in [6, 6.07) is 10.6. The maximum Gasteiger partial charge on any atom is 0.405 e. The van der Waals surface area contributed by atoms with Crippen LogP contribution in [0.4, 0.5) is 36.4 Å². The van der Waals surface area contributed by atoms with Crippen LogP contribution in [0.2, 0.25) is 0 Å². The smallest absolute Gasteiger partial charge is 0.382 e. The lowest BCUT2D eigenvalue weighted by molar-refractivity contribution is -0.123. The van der Waals surface area contributed by atoms with Crippen molar-refractivity contribution in [2.75, 3.05) is 29.5 Å². The molecule has 5 rings (SSSR count). The molecule has 14 heteroatoms. The minimum atomic E-state index is -4.56. The van der Waals surface area contributed by atoms with E-state index in [2.05, 4.69) is 49.5 Å². The zero-order chi connectivity index (χ0) is 27.7. The van der Waals surface area contributed by atoms with Gasteiger partial charge in [-0.05, 0) is 35.7 Å². The molecule has 5 aromatic rings. The minimum Gasteiger partial charge on any atom is -0.382 e. The highest BCUT2D eigenvalue weighted by atomic mass is 19.4. The number of pyridine rings is 1. The number of aromatic amines is 1. The maximum atomic E-state index is 12.7. The number of fused-ring (bicyclic) bond motifs is 2. The Kier molecular flexibility index (Phi) is 6.68. The first-order chi connectivity index (χ1) is 18.6. The zero-order valence-electron chi connectivity index (χ0n) is 21.0. The highest BCUT2D eigenvalue weighted by Crippen LogP contribution is 2.33. The first-order valence-corrected chi connectivity index (χ1v) is 12.0. The molecule has 1 aromatic carbocycles. The summed E-state index contributed by atoms with van der Waals surface area (Å²) in [7, 11) is 0. The number of nitrogen functional groups attached to an aromatic ring is 1. The Morgan fingerprint density at radius 2 is 1.90 bits per heavy atom. The van der Waals surface area contributed by atoms with Crippen molar-refractivity contribution in [1.29, 1.82) is 0 Å². The van der Waals surface area contributed by atoms with E-state index in [4.69, 9.17) is 5.73 Å². The van der Waals surface area contributed by atoms with Crippen molar-refractivity contribution in [1.82, 2.24) is 34.9 Å². The second-order valence-electron chi connectivity index (χ2n) is 9.28. The standard InChI is InChI=1S/C25H25F3N10O/c1-13(2)9-30-18-8-7-17-22(36-18)37-24(35-17)34-15-5-3-14(4-6-15)19-16(23(39)31-11-25(26,27)28)10-38-20(19)21(29)32-12-33-38/h3-8,10,12-13H,9,11H2,1-2H3,(H,31,39)(H2,29,32,33)(H3,30,34,35,36,37). The highest BCUT2D eigenvalue weighted by Gasteiger charge is 2.29. The van der Waals surface area contributed by atoms with Gasteiger partial charge in [0.05, 0.1) is 5.56 Å². The average molecular weight is 539 g/mol. The van der Waals surface area contributed by atoms with Gasteiger partial charge in [0.25, 0.3) is 5.91 Å². The SMILES string of the molecule is CC(C)CNc1ccc2nc(Nc3ccc(-c4c(C(=O)NCC(F)(F)F)cn5ncnc(N)c45)cc3)[nH]c2n1. The van der Waals surface area contributed by atoms with Gasteiger partial charge in [0.1, 0.15) is 29.7 Å². The fraction of sp³-hybridized carbons (Fsp3) is 0.240. The summed E-state index contributed by atoms with van der Waals surface area (Å²) in [5.74, 6) is 0.864. The molecule has 6 N–H and O–H groups in total. The molecule has 0 bridgehead atoms. The predicted octanol–water partition coefficient (Wildman–Crippen LogP) is 4.35. The largest absolute Gasteiger partial charge is 0.405 e. The quantitative estimate of drug-likeness (QED) is 0.196. The predicted molar refractivity (Wildman–Crippen MR) is 142 cm³/mol. The summed E-state index contributed by atoms with van der Waals surface area (Å²) in [4.78, 5) is 28.9. The Labute approximate surface area is 220 Å². The van der Waals surface area contributed by atoms with Crippen molar-refractivity contribution in [2.24, 2.45) is 5.92 Å². The van der Waals surface area contributed by atoms with Crippen molar-refractivity contribution < 1.29 is 18.0 Å². The second-order valence-corrected chi connectivity index (χ2v) is 9.28. The third-order valence-corrected chi connectivity index (χ3v) is 5.77. The van der Waals surface area contributed by atoms with E-state index in [1.807, 2.05) is 17.4 Å². The Bertz CT molecular complexity index is 1640. The van der Waals surface area contributed by atoms with Crippen LogP contribution in [0.3, 0.4) is 0 Å². The van der Waals surface area contributed by atoms with Crippen molar-refractivity contribution >= 4 is 45.9 Å². The molecule has 39 heavy (non-hydrogen) atoms. The van der Waals surface area contributed by atoms with E-state index in [9.17, 15) is 18.0 Å². The third kappa shape index (κ3) is 5.68. The van der Waals surface area contributed by atoms with Crippen LogP contribution in [-0.4, -0.2) is 54.7 Å². The summed E-state index contributed by atoms with van der Waals surface area (Å²) in [5.41, 5.74) is 9.17. The lowest BCUT2D eigenvalue weighted by atomic mass is 10.0. The number of rotatable bonds is 8. The molecular formula is C25H25F3N10O. The van der Waals surface area contributed by atoms with Crippen LogP contribution in [0.25, 0.3) is 27.8 Å². The molecular weight excluding hydrogens is 513 g/mol. The molecule has 11 nitrogen and oxygen atoms in total. The molecule has 202 valence electrons. The molecule has 0 atom stereocenters. The van der Waals surface area contributed by atoms with Gasteiger partial charge in [-0.1, -0.05) is 26.0 Å². The van der Waals surface area contributed by atoms with Gasteiger partial charge >= 0.3 is 6.18 Å². The summed E-state index contributed by atoms with van der Waals surface area (Å²) in [6.07, 6.45) is -2.03. The molecule has 0 saturated heterocycles. The number of halogens is 3. The Morgan fingerprint density at radius 3 is 2.62 bits per heavy atom. The number of hydrogen-bond donors (Lipinski definition) is 5. The van der Waals surface area contributed by atoms with Crippen molar-refractivity contribution in [2.45, 2.75) is 20.0 Å². The van der Waals surface area contributed by atoms with Gasteiger partial charge < -0.3 is 26.7 Å². The average Bonchev–Trinajstić information content (AvgIpc) is 3.47. The van der Waals surface area contributed by atoms with Gasteiger partial charge in [-0.3, -0.25) is 4.79 Å². The number of alkyl halides is 3. The number of aromatic nitrogens is 6. The summed E-state index contributed by atoms with van der Waals surface area (Å²) < 4.78 is 39.5. The summed E-state index contributed by atoms with van der Waals surface area (Å²) in [5, 5.41) is 12.4. The van der Waals surface area contributed by atoms with E-state index in [0.717, 1.165) is 12.4 Å². The van der Waals surface area contributed by atoms with E-state index in [1.165, 1.54) is 17.0 Å². The number of carbonyl (C=O) groups is 1. The Hall–Kier alpha value is -4.88. The molecule has 0 spiro atoms. The van der Waals surface area contributed by atoms with Crippen LogP contribution in [0.15, 0.2) is 48.9 Å². The molecule has 4 aromatic heterocycles. The van der Waals surface area contributed by atoms with Gasteiger partial charge in [0.15, 0.2) is 11.5 Å². The van der Waals surface area contributed by atoms with Gasteiger partial charge in [-0.25, -0.2) is 19.5 Å². The van der Waals surface area contributed by atoms with Gasteiger partial charge in [-0.15, -0.1) is 0 Å². The topological polar surface area (TPSA) is 151 Å². The normalized spacial score (nSPS) is 11.8. The van der Waals surface area contributed by atoms with Gasteiger partial charge in [0.2, 0.25) is 5.95 Å². The van der Waals surface area contributed by atoms with E-state index < -0.39 is 18.6 Å².